The maximum Gasteiger partial charge on any atom is 0.405 e. The van der Waals surface area contributed by atoms with Crippen molar-refractivity contribution in [2.24, 2.45) is 0 Å². The molecule has 1 amide bonds. The Morgan fingerprint density at radius 1 is 1.03 bits per heavy atom. The van der Waals surface area contributed by atoms with Gasteiger partial charge in [0.1, 0.15) is 12.3 Å². The molecule has 1 fully saturated rings. The lowest BCUT2D eigenvalue weighted by Crippen LogP contribution is -2.46. The SMILES string of the molecule is Cc1cc(CN2CCN(c3ccc(C(=O)NCC(F)(F)F)cc3)CC2)ccc1-c1cncc(O)c1. The third-order valence-electron chi connectivity index (χ3n) is 6.05. The van der Waals surface area contributed by atoms with Gasteiger partial charge in [-0.2, -0.15) is 13.2 Å². The second-order valence-corrected chi connectivity index (χ2v) is 8.69. The van der Waals surface area contributed by atoms with Crippen LogP contribution in [0.25, 0.3) is 11.1 Å². The molecule has 6 nitrogen and oxygen atoms in total. The average molecular weight is 485 g/mol. The fourth-order valence-corrected chi connectivity index (χ4v) is 4.25. The topological polar surface area (TPSA) is 68.7 Å². The van der Waals surface area contributed by atoms with Crippen molar-refractivity contribution in [3.05, 3.63) is 77.6 Å². The Morgan fingerprint density at radius 2 is 1.74 bits per heavy atom. The summed E-state index contributed by atoms with van der Waals surface area (Å²) in [6.45, 7) is 4.89. The first-order valence-electron chi connectivity index (χ1n) is 11.3. The van der Waals surface area contributed by atoms with Crippen molar-refractivity contribution in [2.45, 2.75) is 19.6 Å². The van der Waals surface area contributed by atoms with Crippen LogP contribution in [0.4, 0.5) is 18.9 Å². The lowest BCUT2D eigenvalue weighted by Gasteiger charge is -2.36. The number of hydrogen-bond acceptors (Lipinski definition) is 5. The molecule has 184 valence electrons. The number of nitrogens with zero attached hydrogens (tertiary/aromatic N) is 3. The average Bonchev–Trinajstić information content (AvgIpc) is 2.83. The molecular weight excluding hydrogens is 457 g/mol. The maximum absolute atomic E-state index is 12.3. The number of aromatic nitrogens is 1. The first-order valence-corrected chi connectivity index (χ1v) is 11.3. The number of pyridine rings is 1. The predicted octanol–water partition coefficient (Wildman–Crippen LogP) is 4.38. The summed E-state index contributed by atoms with van der Waals surface area (Å²) >= 11 is 0. The molecular formula is C26H27F3N4O2. The largest absolute Gasteiger partial charge is 0.506 e. The van der Waals surface area contributed by atoms with E-state index in [-0.39, 0.29) is 11.3 Å². The summed E-state index contributed by atoms with van der Waals surface area (Å²) in [4.78, 5) is 20.5. The van der Waals surface area contributed by atoms with Crippen molar-refractivity contribution in [3.63, 3.8) is 0 Å². The zero-order chi connectivity index (χ0) is 25.0. The molecule has 0 atom stereocenters. The number of carbonyl (C=O) groups excluding carboxylic acids is 1. The van der Waals surface area contributed by atoms with Gasteiger partial charge >= 0.3 is 6.18 Å². The number of benzene rings is 2. The molecule has 1 saturated heterocycles. The summed E-state index contributed by atoms with van der Waals surface area (Å²) in [5.74, 6) is -0.594. The van der Waals surface area contributed by atoms with Crippen LogP contribution in [-0.2, 0) is 6.54 Å². The second kappa shape index (κ2) is 10.4. The highest BCUT2D eigenvalue weighted by atomic mass is 19.4. The fourth-order valence-electron chi connectivity index (χ4n) is 4.25. The molecule has 2 aromatic carbocycles. The van der Waals surface area contributed by atoms with Crippen molar-refractivity contribution in [1.82, 2.24) is 15.2 Å². The monoisotopic (exact) mass is 484 g/mol. The van der Waals surface area contributed by atoms with Crippen LogP contribution in [0.15, 0.2) is 60.9 Å². The second-order valence-electron chi connectivity index (χ2n) is 8.69. The van der Waals surface area contributed by atoms with Gasteiger partial charge in [0.15, 0.2) is 0 Å². The summed E-state index contributed by atoms with van der Waals surface area (Å²) < 4.78 is 36.9. The Kier molecular flexibility index (Phi) is 7.25. The number of nitrogens with one attached hydrogen (secondary N) is 1. The quantitative estimate of drug-likeness (QED) is 0.544. The smallest absolute Gasteiger partial charge is 0.405 e. The van der Waals surface area contributed by atoms with Gasteiger partial charge in [0.25, 0.3) is 5.91 Å². The van der Waals surface area contributed by atoms with E-state index in [0.29, 0.717) is 0 Å². The molecule has 1 aliphatic rings. The van der Waals surface area contributed by atoms with Gasteiger partial charge in [0.2, 0.25) is 0 Å². The van der Waals surface area contributed by atoms with Gasteiger partial charge in [0, 0.05) is 55.7 Å². The zero-order valence-electron chi connectivity index (χ0n) is 19.3. The molecule has 1 aromatic heterocycles. The van der Waals surface area contributed by atoms with Crippen molar-refractivity contribution in [1.29, 1.82) is 0 Å². The third kappa shape index (κ3) is 6.51. The number of alkyl halides is 3. The van der Waals surface area contributed by atoms with Crippen molar-refractivity contribution in [2.75, 3.05) is 37.6 Å². The number of halogens is 3. The van der Waals surface area contributed by atoms with Crippen LogP contribution in [-0.4, -0.2) is 59.8 Å². The van der Waals surface area contributed by atoms with Crippen molar-refractivity contribution >= 4 is 11.6 Å². The Bertz CT molecular complexity index is 1170. The Hall–Kier alpha value is -3.59. The van der Waals surface area contributed by atoms with Gasteiger partial charge in [-0.05, 0) is 53.9 Å². The molecule has 0 spiro atoms. The molecule has 35 heavy (non-hydrogen) atoms. The summed E-state index contributed by atoms with van der Waals surface area (Å²) in [7, 11) is 0. The number of aromatic hydroxyl groups is 1. The van der Waals surface area contributed by atoms with Crippen LogP contribution in [0.2, 0.25) is 0 Å². The van der Waals surface area contributed by atoms with E-state index >= 15 is 0 Å². The van der Waals surface area contributed by atoms with Crippen molar-refractivity contribution in [3.8, 4) is 16.9 Å². The van der Waals surface area contributed by atoms with E-state index in [9.17, 15) is 23.1 Å². The van der Waals surface area contributed by atoms with E-state index in [1.807, 2.05) is 12.2 Å². The van der Waals surface area contributed by atoms with Gasteiger partial charge < -0.3 is 15.3 Å². The zero-order valence-corrected chi connectivity index (χ0v) is 19.3. The molecule has 2 heterocycles. The predicted molar refractivity (Wildman–Crippen MR) is 128 cm³/mol. The summed E-state index contributed by atoms with van der Waals surface area (Å²) in [5.41, 5.74) is 5.40. The highest BCUT2D eigenvalue weighted by Gasteiger charge is 2.28. The van der Waals surface area contributed by atoms with Gasteiger partial charge in [-0.3, -0.25) is 14.7 Å². The fraction of sp³-hybridized carbons (Fsp3) is 0.308. The molecule has 0 unspecified atom stereocenters. The molecule has 0 radical (unpaired) electrons. The van der Waals surface area contributed by atoms with Gasteiger partial charge in [-0.25, -0.2) is 0 Å². The molecule has 0 saturated carbocycles. The Morgan fingerprint density at radius 3 is 2.37 bits per heavy atom. The number of carbonyl (C=O) groups is 1. The van der Waals surface area contributed by atoms with Crippen LogP contribution in [0.5, 0.6) is 5.75 Å². The molecule has 9 heteroatoms. The van der Waals surface area contributed by atoms with E-state index in [1.165, 1.54) is 11.8 Å². The molecule has 3 aromatic rings. The Labute approximate surface area is 202 Å². The molecule has 0 aliphatic carbocycles. The lowest BCUT2D eigenvalue weighted by atomic mass is 9.99. The van der Waals surface area contributed by atoms with Crippen LogP contribution in [0, 0.1) is 6.92 Å². The number of piperazine rings is 1. The van der Waals surface area contributed by atoms with Crippen LogP contribution < -0.4 is 10.2 Å². The summed E-state index contributed by atoms with van der Waals surface area (Å²) in [5, 5.41) is 11.6. The molecule has 4 rings (SSSR count). The number of amides is 1. The van der Waals surface area contributed by atoms with Crippen LogP contribution in [0.1, 0.15) is 21.5 Å². The Balaban J connectivity index is 1.30. The van der Waals surface area contributed by atoms with E-state index in [2.05, 4.69) is 33.0 Å². The van der Waals surface area contributed by atoms with E-state index in [4.69, 9.17) is 0 Å². The summed E-state index contributed by atoms with van der Waals surface area (Å²) in [6.07, 6.45) is -1.28. The minimum Gasteiger partial charge on any atom is -0.506 e. The van der Waals surface area contributed by atoms with E-state index in [1.54, 1.807) is 36.5 Å². The van der Waals surface area contributed by atoms with Crippen LogP contribution in [0.3, 0.4) is 0 Å². The van der Waals surface area contributed by atoms with Gasteiger partial charge in [0.05, 0.1) is 6.20 Å². The van der Waals surface area contributed by atoms with Gasteiger partial charge in [-0.1, -0.05) is 18.2 Å². The molecule has 2 N–H and O–H groups in total. The highest BCUT2D eigenvalue weighted by Crippen LogP contribution is 2.27. The van der Waals surface area contributed by atoms with Gasteiger partial charge in [-0.15, -0.1) is 0 Å². The lowest BCUT2D eigenvalue weighted by molar-refractivity contribution is -0.123. The standard InChI is InChI=1S/C26H27F3N4O2/c1-18-12-19(2-7-24(18)21-13-23(34)15-30-14-21)16-32-8-10-33(11-9-32)22-5-3-20(4-6-22)25(35)31-17-26(27,28)29/h2-7,12-15,34H,8-11,16-17H2,1H3,(H,31,35). The number of aryl methyl sites for hydroxylation is 1. The normalized spacial score (nSPS) is 14.7. The van der Waals surface area contributed by atoms with E-state index in [0.717, 1.165) is 55.1 Å². The van der Waals surface area contributed by atoms with E-state index < -0.39 is 18.6 Å². The maximum atomic E-state index is 12.3. The number of hydrogen-bond donors (Lipinski definition) is 2. The number of anilines is 1. The minimum atomic E-state index is -4.43. The first-order chi connectivity index (χ1) is 16.7. The van der Waals surface area contributed by atoms with Crippen molar-refractivity contribution < 1.29 is 23.1 Å². The number of rotatable bonds is 6. The summed E-state index contributed by atoms with van der Waals surface area (Å²) in [6, 6.07) is 14.7. The van der Waals surface area contributed by atoms with Crippen LogP contribution >= 0.6 is 0 Å². The molecule has 0 bridgehead atoms. The highest BCUT2D eigenvalue weighted by molar-refractivity contribution is 5.94. The molecule has 1 aliphatic heterocycles. The third-order valence-corrected chi connectivity index (χ3v) is 6.05. The first kappa shape index (κ1) is 24.5. The minimum absolute atomic E-state index is 0.142.